The first-order valence-corrected chi connectivity index (χ1v) is 7.92. The number of carbonyl (C=O) groups is 1. The van der Waals surface area contributed by atoms with Gasteiger partial charge in [-0.2, -0.15) is 0 Å². The number of piperazine rings is 1. The molecule has 1 aliphatic rings. The smallest absolute Gasteiger partial charge is 0.246 e. The van der Waals surface area contributed by atoms with E-state index < -0.39 is 0 Å². The van der Waals surface area contributed by atoms with E-state index in [0.29, 0.717) is 13.1 Å². The van der Waals surface area contributed by atoms with Crippen LogP contribution < -0.4 is 4.90 Å². The predicted molar refractivity (Wildman–Crippen MR) is 91.0 cm³/mol. The fourth-order valence-electron chi connectivity index (χ4n) is 2.70. The largest absolute Gasteiger partial charge is 0.353 e. The standard InChI is InChI=1S/C18H19FN4O/c1-2-3-18(24)23-10-8-22(9-11-23)17-12-16(20-13-21-17)14-4-6-15(19)7-5-14/h2-7,12-13H,8-11H2,1H3/b3-2-. The molecule has 6 heteroatoms. The van der Waals surface area contributed by atoms with Gasteiger partial charge in [0.05, 0.1) is 5.69 Å². The van der Waals surface area contributed by atoms with Crippen LogP contribution in [0.5, 0.6) is 0 Å². The summed E-state index contributed by atoms with van der Waals surface area (Å²) in [6, 6.07) is 8.15. The predicted octanol–water partition coefficient (Wildman–Crippen LogP) is 2.51. The second-order valence-corrected chi connectivity index (χ2v) is 5.58. The third kappa shape index (κ3) is 3.59. The van der Waals surface area contributed by atoms with Gasteiger partial charge in [-0.15, -0.1) is 0 Å². The summed E-state index contributed by atoms with van der Waals surface area (Å²) < 4.78 is 13.1. The van der Waals surface area contributed by atoms with Crippen LogP contribution >= 0.6 is 0 Å². The van der Waals surface area contributed by atoms with Crippen molar-refractivity contribution in [1.29, 1.82) is 0 Å². The summed E-state index contributed by atoms with van der Waals surface area (Å²) in [5.41, 5.74) is 1.61. The number of allylic oxidation sites excluding steroid dienone is 1. The number of hydrogen-bond acceptors (Lipinski definition) is 4. The summed E-state index contributed by atoms with van der Waals surface area (Å²) in [4.78, 5) is 24.4. The highest BCUT2D eigenvalue weighted by Gasteiger charge is 2.20. The Kier molecular flexibility index (Phi) is 4.84. The van der Waals surface area contributed by atoms with E-state index in [1.165, 1.54) is 18.5 Å². The van der Waals surface area contributed by atoms with Crippen molar-refractivity contribution < 1.29 is 9.18 Å². The van der Waals surface area contributed by atoms with Crippen molar-refractivity contribution in [1.82, 2.24) is 14.9 Å². The van der Waals surface area contributed by atoms with Crippen LogP contribution in [0, 0.1) is 5.82 Å². The maximum atomic E-state index is 13.1. The molecule has 0 saturated carbocycles. The maximum Gasteiger partial charge on any atom is 0.246 e. The highest BCUT2D eigenvalue weighted by Crippen LogP contribution is 2.21. The lowest BCUT2D eigenvalue weighted by atomic mass is 10.1. The molecule has 1 aliphatic heterocycles. The number of halogens is 1. The molecule has 124 valence electrons. The number of nitrogens with zero attached hydrogens (tertiary/aromatic N) is 4. The zero-order valence-electron chi connectivity index (χ0n) is 13.5. The first-order chi connectivity index (χ1) is 11.7. The molecule has 1 saturated heterocycles. The molecule has 3 rings (SSSR count). The summed E-state index contributed by atoms with van der Waals surface area (Å²) >= 11 is 0. The molecular weight excluding hydrogens is 307 g/mol. The summed E-state index contributed by atoms with van der Waals surface area (Å²) in [5.74, 6) is 0.601. The van der Waals surface area contributed by atoms with E-state index in [9.17, 15) is 9.18 Å². The van der Waals surface area contributed by atoms with Crippen LogP contribution in [0.25, 0.3) is 11.3 Å². The van der Waals surface area contributed by atoms with Crippen LogP contribution in [0.2, 0.25) is 0 Å². The second-order valence-electron chi connectivity index (χ2n) is 5.58. The number of aromatic nitrogens is 2. The topological polar surface area (TPSA) is 49.3 Å². The average Bonchev–Trinajstić information content (AvgIpc) is 2.63. The van der Waals surface area contributed by atoms with E-state index in [1.54, 1.807) is 24.3 Å². The highest BCUT2D eigenvalue weighted by atomic mass is 19.1. The molecule has 0 spiro atoms. The Hall–Kier alpha value is -2.76. The molecule has 5 nitrogen and oxygen atoms in total. The molecule has 0 N–H and O–H groups in total. The van der Waals surface area contributed by atoms with Crippen molar-refractivity contribution in [3.05, 3.63) is 54.6 Å². The van der Waals surface area contributed by atoms with Gasteiger partial charge in [0.15, 0.2) is 0 Å². The minimum Gasteiger partial charge on any atom is -0.353 e. The third-order valence-electron chi connectivity index (χ3n) is 4.02. The minimum absolute atomic E-state index is 0.0480. The molecule has 24 heavy (non-hydrogen) atoms. The van der Waals surface area contributed by atoms with Gasteiger partial charge < -0.3 is 9.80 Å². The van der Waals surface area contributed by atoms with E-state index in [1.807, 2.05) is 17.9 Å². The molecule has 0 radical (unpaired) electrons. The number of rotatable bonds is 3. The Balaban J connectivity index is 1.71. The minimum atomic E-state index is -0.269. The molecular formula is C18H19FN4O. The molecule has 1 aromatic carbocycles. The molecule has 1 fully saturated rings. The Morgan fingerprint density at radius 1 is 1.12 bits per heavy atom. The molecule has 0 bridgehead atoms. The number of carbonyl (C=O) groups excluding carboxylic acids is 1. The van der Waals surface area contributed by atoms with Crippen LogP contribution in [0.4, 0.5) is 10.2 Å². The summed E-state index contributed by atoms with van der Waals surface area (Å²) in [6.07, 6.45) is 4.87. The van der Waals surface area contributed by atoms with Crippen LogP contribution in [0.15, 0.2) is 48.8 Å². The van der Waals surface area contributed by atoms with E-state index in [2.05, 4.69) is 14.9 Å². The van der Waals surface area contributed by atoms with Crippen LogP contribution in [-0.4, -0.2) is 47.0 Å². The maximum absolute atomic E-state index is 13.1. The van der Waals surface area contributed by atoms with Gasteiger partial charge in [0.25, 0.3) is 0 Å². The van der Waals surface area contributed by atoms with Crippen molar-refractivity contribution in [3.8, 4) is 11.3 Å². The lowest BCUT2D eigenvalue weighted by Crippen LogP contribution is -2.48. The fourth-order valence-corrected chi connectivity index (χ4v) is 2.70. The second kappa shape index (κ2) is 7.21. The van der Waals surface area contributed by atoms with Gasteiger partial charge >= 0.3 is 0 Å². The normalized spacial score (nSPS) is 15.1. The van der Waals surface area contributed by atoms with Gasteiger partial charge in [-0.3, -0.25) is 4.79 Å². The van der Waals surface area contributed by atoms with Crippen molar-refractivity contribution in [2.24, 2.45) is 0 Å². The molecule has 2 heterocycles. The van der Waals surface area contributed by atoms with E-state index in [4.69, 9.17) is 0 Å². The van der Waals surface area contributed by atoms with Crippen molar-refractivity contribution in [2.75, 3.05) is 31.1 Å². The average molecular weight is 326 g/mol. The van der Waals surface area contributed by atoms with Gasteiger partial charge in [-0.1, -0.05) is 6.08 Å². The lowest BCUT2D eigenvalue weighted by Gasteiger charge is -2.35. The SMILES string of the molecule is C/C=C\C(=O)N1CCN(c2cc(-c3ccc(F)cc3)ncn2)CC1. The molecule has 0 atom stereocenters. The first kappa shape index (κ1) is 16.1. The Labute approximate surface area is 140 Å². The Morgan fingerprint density at radius 3 is 2.50 bits per heavy atom. The van der Waals surface area contributed by atoms with Crippen LogP contribution in [-0.2, 0) is 4.79 Å². The lowest BCUT2D eigenvalue weighted by molar-refractivity contribution is -0.126. The monoisotopic (exact) mass is 326 g/mol. The Bertz CT molecular complexity index is 737. The summed E-state index contributed by atoms with van der Waals surface area (Å²) in [5, 5.41) is 0. The quantitative estimate of drug-likeness (QED) is 0.813. The van der Waals surface area contributed by atoms with Gasteiger partial charge in [-0.25, -0.2) is 14.4 Å². The van der Waals surface area contributed by atoms with Gasteiger partial charge in [0.1, 0.15) is 18.0 Å². The molecule has 0 unspecified atom stereocenters. The summed E-state index contributed by atoms with van der Waals surface area (Å²) in [7, 11) is 0. The van der Waals surface area contributed by atoms with Crippen molar-refractivity contribution in [2.45, 2.75) is 6.92 Å². The number of amides is 1. The third-order valence-corrected chi connectivity index (χ3v) is 4.02. The highest BCUT2D eigenvalue weighted by molar-refractivity contribution is 5.87. The molecule has 0 aliphatic carbocycles. The fraction of sp³-hybridized carbons (Fsp3) is 0.278. The Morgan fingerprint density at radius 2 is 1.83 bits per heavy atom. The van der Waals surface area contributed by atoms with Crippen molar-refractivity contribution >= 4 is 11.7 Å². The van der Waals surface area contributed by atoms with Crippen molar-refractivity contribution in [3.63, 3.8) is 0 Å². The summed E-state index contributed by atoms with van der Waals surface area (Å²) in [6.45, 7) is 4.62. The molecule has 1 amide bonds. The van der Waals surface area contributed by atoms with E-state index >= 15 is 0 Å². The number of benzene rings is 1. The zero-order valence-corrected chi connectivity index (χ0v) is 13.5. The number of anilines is 1. The first-order valence-electron chi connectivity index (χ1n) is 7.92. The zero-order chi connectivity index (χ0) is 16.9. The van der Waals surface area contributed by atoms with Crippen LogP contribution in [0.3, 0.4) is 0 Å². The molecule has 1 aromatic heterocycles. The van der Waals surface area contributed by atoms with E-state index in [0.717, 1.165) is 30.2 Å². The van der Waals surface area contributed by atoms with Gasteiger partial charge in [0, 0.05) is 37.8 Å². The van der Waals surface area contributed by atoms with Gasteiger partial charge in [-0.05, 0) is 37.3 Å². The molecule has 2 aromatic rings. The van der Waals surface area contributed by atoms with Crippen LogP contribution in [0.1, 0.15) is 6.92 Å². The van der Waals surface area contributed by atoms with Gasteiger partial charge in [0.2, 0.25) is 5.91 Å². The number of hydrogen-bond donors (Lipinski definition) is 0. The van der Waals surface area contributed by atoms with E-state index in [-0.39, 0.29) is 11.7 Å².